The van der Waals surface area contributed by atoms with Crippen LogP contribution in [-0.2, 0) is 13.5 Å². The summed E-state index contributed by atoms with van der Waals surface area (Å²) < 4.78 is 1.84. The van der Waals surface area contributed by atoms with E-state index in [1.54, 1.807) is 0 Å². The summed E-state index contributed by atoms with van der Waals surface area (Å²) in [6, 6.07) is 6.51. The first-order chi connectivity index (χ1) is 9.10. The fraction of sp³-hybridized carbons (Fsp3) is 0.400. The van der Waals surface area contributed by atoms with Crippen LogP contribution in [0.3, 0.4) is 0 Å². The summed E-state index contributed by atoms with van der Waals surface area (Å²) in [5.41, 5.74) is 3.61. The second-order valence-corrected chi connectivity index (χ2v) is 5.33. The minimum Gasteiger partial charge on any atom is -0.313 e. The molecule has 0 aliphatic heterocycles. The Morgan fingerprint density at radius 3 is 2.79 bits per heavy atom. The van der Waals surface area contributed by atoms with E-state index in [4.69, 9.17) is 11.6 Å². The molecule has 0 amide bonds. The van der Waals surface area contributed by atoms with Crippen LogP contribution >= 0.6 is 11.6 Å². The molecule has 19 heavy (non-hydrogen) atoms. The summed E-state index contributed by atoms with van der Waals surface area (Å²) in [6.07, 6.45) is 5.97. The van der Waals surface area contributed by atoms with Crippen molar-refractivity contribution in [3.63, 3.8) is 0 Å². The Morgan fingerprint density at radius 2 is 2.21 bits per heavy atom. The second kappa shape index (κ2) is 6.22. The predicted molar refractivity (Wildman–Crippen MR) is 79.5 cm³/mol. The van der Waals surface area contributed by atoms with Crippen LogP contribution < -0.4 is 5.32 Å². The number of benzene rings is 1. The van der Waals surface area contributed by atoms with Gasteiger partial charge in [0.05, 0.1) is 6.20 Å². The highest BCUT2D eigenvalue weighted by Crippen LogP contribution is 2.27. The Bertz CT molecular complexity index is 548. The molecule has 1 aromatic carbocycles. The molecule has 102 valence electrons. The molecule has 0 saturated heterocycles. The highest BCUT2D eigenvalue weighted by atomic mass is 35.5. The molecular weight excluding hydrogens is 258 g/mol. The molecule has 1 heterocycles. The first-order valence-corrected chi connectivity index (χ1v) is 6.89. The minimum atomic E-state index is 0.272. The highest BCUT2D eigenvalue weighted by molar-refractivity contribution is 6.31. The number of hydrogen-bond acceptors (Lipinski definition) is 2. The molecule has 3 nitrogen and oxygen atoms in total. The van der Waals surface area contributed by atoms with Crippen LogP contribution in [0.15, 0.2) is 30.6 Å². The fourth-order valence-electron chi connectivity index (χ4n) is 2.28. The number of nitrogens with zero attached hydrogens (tertiary/aromatic N) is 2. The molecule has 4 heteroatoms. The molecular formula is C15H20ClN3. The van der Waals surface area contributed by atoms with E-state index in [0.29, 0.717) is 0 Å². The topological polar surface area (TPSA) is 29.9 Å². The quantitative estimate of drug-likeness (QED) is 0.909. The average molecular weight is 278 g/mol. The Hall–Kier alpha value is -1.32. The molecule has 1 aromatic heterocycles. The zero-order valence-electron chi connectivity index (χ0n) is 11.7. The highest BCUT2D eigenvalue weighted by Gasteiger charge is 2.13. The third-order valence-electron chi connectivity index (χ3n) is 3.36. The SMILES string of the molecule is CNC(CCc1cnn(C)c1)c1ccc(C)cc1Cl. The maximum Gasteiger partial charge on any atom is 0.0521 e. The van der Waals surface area contributed by atoms with E-state index in [-0.39, 0.29) is 6.04 Å². The van der Waals surface area contributed by atoms with Crippen molar-refractivity contribution >= 4 is 11.6 Å². The standard InChI is InChI=1S/C15H20ClN3/c1-11-4-6-13(14(16)8-11)15(17-2)7-5-12-9-18-19(3)10-12/h4,6,8-10,15,17H,5,7H2,1-3H3. The van der Waals surface area contributed by atoms with Gasteiger partial charge in [0.1, 0.15) is 0 Å². The van der Waals surface area contributed by atoms with Crippen LogP contribution in [0.5, 0.6) is 0 Å². The summed E-state index contributed by atoms with van der Waals surface area (Å²) in [6.45, 7) is 2.06. The van der Waals surface area contributed by atoms with Crippen LogP contribution in [0.4, 0.5) is 0 Å². The van der Waals surface area contributed by atoms with Crippen molar-refractivity contribution in [1.29, 1.82) is 0 Å². The lowest BCUT2D eigenvalue weighted by molar-refractivity contribution is 0.549. The van der Waals surface area contributed by atoms with Crippen LogP contribution in [0.2, 0.25) is 5.02 Å². The van der Waals surface area contributed by atoms with E-state index in [1.807, 2.05) is 31.0 Å². The Labute approximate surface area is 119 Å². The summed E-state index contributed by atoms with van der Waals surface area (Å²) in [5, 5.41) is 8.37. The molecule has 2 aromatic rings. The maximum atomic E-state index is 6.33. The average Bonchev–Trinajstić information content (AvgIpc) is 2.78. The van der Waals surface area contributed by atoms with Gasteiger partial charge in [0.25, 0.3) is 0 Å². The Balaban J connectivity index is 2.07. The van der Waals surface area contributed by atoms with E-state index < -0.39 is 0 Å². The monoisotopic (exact) mass is 277 g/mol. The first-order valence-electron chi connectivity index (χ1n) is 6.51. The normalized spacial score (nSPS) is 12.6. The summed E-state index contributed by atoms with van der Waals surface area (Å²) >= 11 is 6.33. The molecule has 0 aliphatic carbocycles. The second-order valence-electron chi connectivity index (χ2n) is 4.93. The smallest absolute Gasteiger partial charge is 0.0521 e. The van der Waals surface area contributed by atoms with Gasteiger partial charge in [-0.15, -0.1) is 0 Å². The molecule has 1 atom stereocenters. The van der Waals surface area contributed by atoms with Crippen molar-refractivity contribution < 1.29 is 0 Å². The van der Waals surface area contributed by atoms with Gasteiger partial charge in [-0.05, 0) is 49.6 Å². The third-order valence-corrected chi connectivity index (χ3v) is 3.69. The molecule has 2 rings (SSSR count). The zero-order chi connectivity index (χ0) is 13.8. The fourth-order valence-corrected chi connectivity index (χ4v) is 2.65. The molecule has 0 radical (unpaired) electrons. The van der Waals surface area contributed by atoms with Gasteiger partial charge in [0.2, 0.25) is 0 Å². The number of aryl methyl sites for hydroxylation is 3. The van der Waals surface area contributed by atoms with Crippen molar-refractivity contribution in [3.05, 3.63) is 52.3 Å². The minimum absolute atomic E-state index is 0.272. The van der Waals surface area contributed by atoms with E-state index in [2.05, 4.69) is 35.7 Å². The van der Waals surface area contributed by atoms with E-state index in [0.717, 1.165) is 17.9 Å². The third kappa shape index (κ3) is 3.58. The van der Waals surface area contributed by atoms with Gasteiger partial charge in [0, 0.05) is 24.3 Å². The van der Waals surface area contributed by atoms with Gasteiger partial charge in [-0.25, -0.2) is 0 Å². The van der Waals surface area contributed by atoms with Gasteiger partial charge >= 0.3 is 0 Å². The zero-order valence-corrected chi connectivity index (χ0v) is 12.4. The van der Waals surface area contributed by atoms with E-state index in [9.17, 15) is 0 Å². The van der Waals surface area contributed by atoms with Gasteiger partial charge in [-0.3, -0.25) is 4.68 Å². The van der Waals surface area contributed by atoms with Gasteiger partial charge in [-0.1, -0.05) is 23.7 Å². The van der Waals surface area contributed by atoms with Gasteiger partial charge < -0.3 is 5.32 Å². The lowest BCUT2D eigenvalue weighted by atomic mass is 9.99. The summed E-state index contributed by atoms with van der Waals surface area (Å²) in [7, 11) is 3.92. The number of hydrogen-bond donors (Lipinski definition) is 1. The molecule has 0 spiro atoms. The van der Waals surface area contributed by atoms with Crippen LogP contribution in [-0.4, -0.2) is 16.8 Å². The van der Waals surface area contributed by atoms with Crippen molar-refractivity contribution in [2.75, 3.05) is 7.05 Å². The molecule has 1 unspecified atom stereocenters. The Morgan fingerprint density at radius 1 is 1.42 bits per heavy atom. The largest absolute Gasteiger partial charge is 0.313 e. The van der Waals surface area contributed by atoms with Crippen molar-refractivity contribution in [2.45, 2.75) is 25.8 Å². The lowest BCUT2D eigenvalue weighted by Crippen LogP contribution is -2.17. The molecule has 1 N–H and O–H groups in total. The predicted octanol–water partition coefficient (Wildman–Crippen LogP) is 3.28. The van der Waals surface area contributed by atoms with Crippen molar-refractivity contribution in [2.24, 2.45) is 7.05 Å². The number of nitrogens with one attached hydrogen (secondary N) is 1. The summed E-state index contributed by atoms with van der Waals surface area (Å²) in [5.74, 6) is 0. The first kappa shape index (κ1) is 14.1. The van der Waals surface area contributed by atoms with Crippen LogP contribution in [0.25, 0.3) is 0 Å². The number of rotatable bonds is 5. The molecule has 0 fully saturated rings. The van der Waals surface area contributed by atoms with E-state index in [1.165, 1.54) is 16.7 Å². The molecule has 0 saturated carbocycles. The molecule has 0 aliphatic rings. The van der Waals surface area contributed by atoms with Gasteiger partial charge in [-0.2, -0.15) is 5.10 Å². The van der Waals surface area contributed by atoms with Crippen molar-refractivity contribution in [3.8, 4) is 0 Å². The summed E-state index contributed by atoms with van der Waals surface area (Å²) in [4.78, 5) is 0. The Kier molecular flexibility index (Phi) is 4.61. The van der Waals surface area contributed by atoms with Crippen molar-refractivity contribution in [1.82, 2.24) is 15.1 Å². The van der Waals surface area contributed by atoms with Crippen LogP contribution in [0, 0.1) is 6.92 Å². The van der Waals surface area contributed by atoms with E-state index >= 15 is 0 Å². The number of halogens is 1. The maximum absolute atomic E-state index is 6.33. The van der Waals surface area contributed by atoms with Gasteiger partial charge in [0.15, 0.2) is 0 Å². The number of aromatic nitrogens is 2. The lowest BCUT2D eigenvalue weighted by Gasteiger charge is -2.18. The molecule has 0 bridgehead atoms. The van der Waals surface area contributed by atoms with Crippen LogP contribution in [0.1, 0.15) is 29.2 Å².